The molecule has 0 aliphatic rings. The lowest BCUT2D eigenvalue weighted by Crippen LogP contribution is -2.10. The number of fused-ring (bicyclic) bond motifs is 2. The molecule has 10 aromatic rings. The van der Waals surface area contributed by atoms with E-state index >= 15 is 0 Å². The van der Waals surface area contributed by atoms with Crippen molar-refractivity contribution in [2.75, 3.05) is 4.90 Å². The van der Waals surface area contributed by atoms with E-state index in [1.54, 1.807) is 0 Å². The zero-order chi connectivity index (χ0) is 37.3. The van der Waals surface area contributed by atoms with Crippen LogP contribution in [-0.2, 0) is 0 Å². The normalized spacial score (nSPS) is 11.2. The molecule has 0 saturated carbocycles. The van der Waals surface area contributed by atoms with Crippen molar-refractivity contribution in [1.82, 2.24) is 4.98 Å². The number of oxazole rings is 1. The Kier molecular flexibility index (Phi) is 8.51. The van der Waals surface area contributed by atoms with Crippen LogP contribution in [0, 0.1) is 0 Å². The predicted octanol–water partition coefficient (Wildman–Crippen LogP) is 14.8. The zero-order valence-corrected chi connectivity index (χ0v) is 30.6. The Morgan fingerprint density at radius 1 is 0.321 bits per heavy atom. The van der Waals surface area contributed by atoms with Crippen LogP contribution in [0.1, 0.15) is 0 Å². The smallest absolute Gasteiger partial charge is 0.227 e. The monoisotopic (exact) mass is 716 g/mol. The molecule has 1 aromatic heterocycles. The molecule has 0 saturated heterocycles. The minimum Gasteiger partial charge on any atom is -0.435 e. The maximum atomic E-state index is 6.63. The summed E-state index contributed by atoms with van der Waals surface area (Å²) in [5.74, 6) is 0.610. The first-order valence-electron chi connectivity index (χ1n) is 18.9. The summed E-state index contributed by atoms with van der Waals surface area (Å²) in [6, 6.07) is 77.0. The molecule has 0 atom stereocenters. The van der Waals surface area contributed by atoms with E-state index in [0.717, 1.165) is 61.5 Å². The molecule has 0 radical (unpaired) electrons. The third-order valence-electron chi connectivity index (χ3n) is 10.5. The average molecular weight is 717 g/mol. The van der Waals surface area contributed by atoms with E-state index in [2.05, 4.69) is 187 Å². The molecule has 1 heterocycles. The fraction of sp³-hybridized carbons (Fsp3) is 0. The second-order valence-electron chi connectivity index (χ2n) is 14.0. The number of nitrogens with zero attached hydrogens (tertiary/aromatic N) is 2. The third-order valence-corrected chi connectivity index (χ3v) is 10.5. The van der Waals surface area contributed by atoms with Gasteiger partial charge in [-0.15, -0.1) is 0 Å². The van der Waals surface area contributed by atoms with Gasteiger partial charge in [-0.2, -0.15) is 0 Å². The summed E-state index contributed by atoms with van der Waals surface area (Å²) >= 11 is 0. The number of rotatable bonds is 8. The highest BCUT2D eigenvalue weighted by atomic mass is 16.3. The lowest BCUT2D eigenvalue weighted by atomic mass is 9.98. The molecule has 0 bridgehead atoms. The molecule has 0 unspecified atom stereocenters. The molecule has 0 aliphatic carbocycles. The van der Waals surface area contributed by atoms with Gasteiger partial charge in [0.05, 0.1) is 0 Å². The average Bonchev–Trinajstić information content (AvgIpc) is 3.74. The summed E-state index contributed by atoms with van der Waals surface area (Å²) in [6.45, 7) is 0. The summed E-state index contributed by atoms with van der Waals surface area (Å²) in [5.41, 5.74) is 14.7. The van der Waals surface area contributed by atoms with Crippen LogP contribution in [0.5, 0.6) is 0 Å². The van der Waals surface area contributed by atoms with Crippen molar-refractivity contribution in [2.24, 2.45) is 0 Å². The molecule has 56 heavy (non-hydrogen) atoms. The molecule has 264 valence electrons. The Hall–Kier alpha value is -7.49. The molecule has 0 fully saturated rings. The standard InChI is InChI=1S/C53H36N2O/c1-4-13-37(14-5-1)39-25-29-46(30-26-39)55(48-22-12-21-44(36-48)45-24-23-38-15-10-11-20-43(38)35-45)47-31-27-41(28-32-47)50-34-33-49(40-16-6-2-7-17-40)51-52(50)56-53(54-51)42-18-8-3-9-19-42/h1-36H. The first-order valence-corrected chi connectivity index (χ1v) is 18.9. The van der Waals surface area contributed by atoms with Crippen molar-refractivity contribution in [1.29, 1.82) is 0 Å². The summed E-state index contributed by atoms with van der Waals surface area (Å²) in [5, 5.41) is 2.47. The summed E-state index contributed by atoms with van der Waals surface area (Å²) in [6.07, 6.45) is 0. The molecule has 0 N–H and O–H groups in total. The summed E-state index contributed by atoms with van der Waals surface area (Å²) in [4.78, 5) is 7.41. The maximum absolute atomic E-state index is 6.63. The van der Waals surface area contributed by atoms with E-state index in [-0.39, 0.29) is 0 Å². The first kappa shape index (κ1) is 33.1. The number of hydrogen-bond acceptors (Lipinski definition) is 3. The Balaban J connectivity index is 1.07. The minimum absolute atomic E-state index is 0.610. The molecule has 0 amide bonds. The van der Waals surface area contributed by atoms with Gasteiger partial charge in [0.25, 0.3) is 0 Å². The largest absolute Gasteiger partial charge is 0.435 e. The molecule has 3 nitrogen and oxygen atoms in total. The predicted molar refractivity (Wildman–Crippen MR) is 233 cm³/mol. The summed E-state index contributed by atoms with van der Waals surface area (Å²) in [7, 11) is 0. The second-order valence-corrected chi connectivity index (χ2v) is 14.0. The van der Waals surface area contributed by atoms with Gasteiger partial charge >= 0.3 is 0 Å². The van der Waals surface area contributed by atoms with Gasteiger partial charge in [-0.05, 0) is 105 Å². The van der Waals surface area contributed by atoms with Crippen LogP contribution in [0.15, 0.2) is 223 Å². The Labute approximate surface area is 326 Å². The lowest BCUT2D eigenvalue weighted by Gasteiger charge is -2.26. The second kappa shape index (κ2) is 14.4. The van der Waals surface area contributed by atoms with Crippen LogP contribution in [0.4, 0.5) is 17.1 Å². The molecule has 0 spiro atoms. The molecule has 10 rings (SSSR count). The van der Waals surface area contributed by atoms with E-state index in [1.165, 1.54) is 27.5 Å². The highest BCUT2D eigenvalue weighted by Gasteiger charge is 2.19. The van der Waals surface area contributed by atoms with E-state index in [0.29, 0.717) is 5.89 Å². The van der Waals surface area contributed by atoms with Gasteiger partial charge in [0.1, 0.15) is 5.52 Å². The number of aromatic nitrogens is 1. The molecule has 0 aliphatic heterocycles. The number of benzene rings is 9. The Bertz CT molecular complexity index is 2930. The van der Waals surface area contributed by atoms with Gasteiger partial charge < -0.3 is 9.32 Å². The van der Waals surface area contributed by atoms with E-state index < -0.39 is 0 Å². The topological polar surface area (TPSA) is 29.3 Å². The van der Waals surface area contributed by atoms with Crippen LogP contribution in [0.25, 0.3) is 77.8 Å². The fourth-order valence-electron chi connectivity index (χ4n) is 7.65. The number of anilines is 3. The maximum Gasteiger partial charge on any atom is 0.227 e. The minimum atomic E-state index is 0.610. The van der Waals surface area contributed by atoms with Crippen LogP contribution in [-0.4, -0.2) is 4.98 Å². The molecular formula is C53H36N2O. The zero-order valence-electron chi connectivity index (χ0n) is 30.6. The first-order chi connectivity index (χ1) is 27.7. The highest BCUT2D eigenvalue weighted by Crippen LogP contribution is 2.41. The van der Waals surface area contributed by atoms with Gasteiger partial charge in [0.2, 0.25) is 5.89 Å². The van der Waals surface area contributed by atoms with Gasteiger partial charge in [0, 0.05) is 33.8 Å². The van der Waals surface area contributed by atoms with Crippen molar-refractivity contribution in [2.45, 2.75) is 0 Å². The van der Waals surface area contributed by atoms with Crippen molar-refractivity contribution in [3.05, 3.63) is 218 Å². The van der Waals surface area contributed by atoms with Gasteiger partial charge in [-0.25, -0.2) is 4.98 Å². The summed E-state index contributed by atoms with van der Waals surface area (Å²) < 4.78 is 6.63. The van der Waals surface area contributed by atoms with E-state index in [9.17, 15) is 0 Å². The molecule has 3 heteroatoms. The number of hydrogen-bond donors (Lipinski definition) is 0. The Morgan fingerprint density at radius 2 is 0.821 bits per heavy atom. The SMILES string of the molecule is c1ccc(-c2ccc(N(c3ccc(-c4ccc(-c5ccccc5)c5nc(-c6ccccc6)oc45)cc3)c3cccc(-c4ccc5ccccc5c4)c3)cc2)cc1. The van der Waals surface area contributed by atoms with Crippen LogP contribution in [0.3, 0.4) is 0 Å². The lowest BCUT2D eigenvalue weighted by molar-refractivity contribution is 0.621. The Morgan fingerprint density at radius 3 is 1.52 bits per heavy atom. The van der Waals surface area contributed by atoms with E-state index in [1.807, 2.05) is 36.4 Å². The fourth-order valence-corrected chi connectivity index (χ4v) is 7.65. The van der Waals surface area contributed by atoms with Crippen LogP contribution < -0.4 is 4.90 Å². The quantitative estimate of drug-likeness (QED) is 0.157. The van der Waals surface area contributed by atoms with Crippen LogP contribution in [0.2, 0.25) is 0 Å². The van der Waals surface area contributed by atoms with Crippen LogP contribution >= 0.6 is 0 Å². The van der Waals surface area contributed by atoms with Gasteiger partial charge in [0.15, 0.2) is 5.58 Å². The van der Waals surface area contributed by atoms with Crippen molar-refractivity contribution < 1.29 is 4.42 Å². The van der Waals surface area contributed by atoms with Crippen molar-refractivity contribution in [3.63, 3.8) is 0 Å². The van der Waals surface area contributed by atoms with Gasteiger partial charge in [-0.1, -0.05) is 158 Å². The van der Waals surface area contributed by atoms with Gasteiger partial charge in [-0.3, -0.25) is 0 Å². The molecular weight excluding hydrogens is 681 g/mol. The van der Waals surface area contributed by atoms with E-state index in [4.69, 9.17) is 9.40 Å². The molecule has 9 aromatic carbocycles. The third kappa shape index (κ3) is 6.31. The van der Waals surface area contributed by atoms with Crippen molar-refractivity contribution in [3.8, 4) is 56.0 Å². The van der Waals surface area contributed by atoms with Crippen molar-refractivity contribution >= 4 is 38.9 Å². The highest BCUT2D eigenvalue weighted by molar-refractivity contribution is 6.01.